The quantitative estimate of drug-likeness (QED) is 0.409. The Bertz CT molecular complexity index is 1280. The topological polar surface area (TPSA) is 86.3 Å². The van der Waals surface area contributed by atoms with Crippen LogP contribution >= 0.6 is 0 Å². The van der Waals surface area contributed by atoms with E-state index < -0.39 is 0 Å². The minimum atomic E-state index is -0.327. The highest BCUT2D eigenvalue weighted by Gasteiger charge is 2.33. The van der Waals surface area contributed by atoms with E-state index in [0.717, 1.165) is 22.3 Å². The van der Waals surface area contributed by atoms with Gasteiger partial charge in [0.2, 0.25) is 11.8 Å². The van der Waals surface area contributed by atoms with Crippen molar-refractivity contribution in [1.29, 1.82) is 0 Å². The molecule has 38 heavy (non-hydrogen) atoms. The van der Waals surface area contributed by atoms with Crippen LogP contribution in [0.2, 0.25) is 0 Å². The zero-order chi connectivity index (χ0) is 27.1. The Hall–Kier alpha value is -4.20. The van der Waals surface area contributed by atoms with Crippen molar-refractivity contribution in [1.82, 2.24) is 10.2 Å². The normalized spacial score (nSPS) is 14.3. The molecular formula is C30H34N2O6. The van der Waals surface area contributed by atoms with Crippen molar-refractivity contribution in [2.45, 2.75) is 25.3 Å². The summed E-state index contributed by atoms with van der Waals surface area (Å²) in [6.45, 7) is 0.906. The van der Waals surface area contributed by atoms with Crippen molar-refractivity contribution in [3.8, 4) is 23.0 Å². The van der Waals surface area contributed by atoms with Gasteiger partial charge >= 0.3 is 0 Å². The number of amides is 2. The number of hydrogen-bond acceptors (Lipinski definition) is 6. The van der Waals surface area contributed by atoms with Crippen molar-refractivity contribution >= 4 is 11.8 Å². The molecule has 3 aromatic carbocycles. The second-order valence-electron chi connectivity index (χ2n) is 9.02. The molecule has 1 heterocycles. The molecule has 1 aliphatic rings. The fourth-order valence-corrected chi connectivity index (χ4v) is 4.89. The fraction of sp³-hybridized carbons (Fsp3) is 0.333. The van der Waals surface area contributed by atoms with Crippen LogP contribution in [0.3, 0.4) is 0 Å². The molecule has 1 unspecified atom stereocenters. The van der Waals surface area contributed by atoms with Gasteiger partial charge in [-0.15, -0.1) is 0 Å². The molecule has 0 saturated heterocycles. The third-order valence-corrected chi connectivity index (χ3v) is 6.80. The predicted molar refractivity (Wildman–Crippen MR) is 144 cm³/mol. The van der Waals surface area contributed by atoms with E-state index in [2.05, 4.69) is 5.32 Å². The lowest BCUT2D eigenvalue weighted by Crippen LogP contribution is -2.42. The molecule has 0 saturated carbocycles. The molecule has 8 heteroatoms. The highest BCUT2D eigenvalue weighted by atomic mass is 16.5. The van der Waals surface area contributed by atoms with Crippen LogP contribution in [0.1, 0.15) is 34.7 Å². The van der Waals surface area contributed by atoms with Gasteiger partial charge in [-0.1, -0.05) is 36.4 Å². The monoisotopic (exact) mass is 518 g/mol. The van der Waals surface area contributed by atoms with E-state index in [1.165, 1.54) is 0 Å². The van der Waals surface area contributed by atoms with Gasteiger partial charge in [0.1, 0.15) is 6.42 Å². The highest BCUT2D eigenvalue weighted by molar-refractivity contribution is 5.97. The maximum Gasteiger partial charge on any atom is 0.232 e. The number of carbonyl (C=O) groups excluding carboxylic acids is 2. The second kappa shape index (κ2) is 12.4. The zero-order valence-corrected chi connectivity index (χ0v) is 22.3. The van der Waals surface area contributed by atoms with Crippen molar-refractivity contribution in [2.75, 3.05) is 41.5 Å². The lowest BCUT2D eigenvalue weighted by molar-refractivity contribution is -0.137. The van der Waals surface area contributed by atoms with Gasteiger partial charge < -0.3 is 29.2 Å². The molecule has 0 bridgehead atoms. The van der Waals surface area contributed by atoms with Crippen LogP contribution in [0.5, 0.6) is 23.0 Å². The lowest BCUT2D eigenvalue weighted by atomic mass is 9.87. The van der Waals surface area contributed by atoms with Gasteiger partial charge in [-0.25, -0.2) is 0 Å². The van der Waals surface area contributed by atoms with E-state index in [1.807, 2.05) is 60.7 Å². The van der Waals surface area contributed by atoms with Gasteiger partial charge in [0.05, 0.1) is 34.5 Å². The van der Waals surface area contributed by atoms with E-state index in [9.17, 15) is 9.59 Å². The minimum Gasteiger partial charge on any atom is -0.493 e. The van der Waals surface area contributed by atoms with E-state index in [-0.39, 0.29) is 24.3 Å². The number of rotatable bonds is 10. The van der Waals surface area contributed by atoms with Crippen molar-refractivity contribution in [3.63, 3.8) is 0 Å². The predicted octanol–water partition coefficient (Wildman–Crippen LogP) is 3.94. The molecule has 0 radical (unpaired) electrons. The van der Waals surface area contributed by atoms with Gasteiger partial charge in [-0.05, 0) is 59.4 Å². The van der Waals surface area contributed by atoms with Crippen LogP contribution in [-0.4, -0.2) is 58.2 Å². The molecule has 200 valence electrons. The molecule has 1 aliphatic heterocycles. The highest BCUT2D eigenvalue weighted by Crippen LogP contribution is 2.41. The standard InChI is InChI=1S/C30H34N2O6/c1-35-24-11-10-20(16-25(24)36-2)12-14-31-28(33)19-29(34)32-15-13-22-17-26(37-3)27(38-4)18-23(22)30(32)21-8-6-5-7-9-21/h5-11,16-18,30H,12-15,19H2,1-4H3,(H,31,33). The van der Waals surface area contributed by atoms with E-state index >= 15 is 0 Å². The smallest absolute Gasteiger partial charge is 0.232 e. The average molecular weight is 519 g/mol. The van der Waals surface area contributed by atoms with E-state index in [1.54, 1.807) is 33.3 Å². The minimum absolute atomic E-state index is 0.220. The number of hydrogen-bond donors (Lipinski definition) is 1. The van der Waals surface area contributed by atoms with Gasteiger partial charge in [-0.3, -0.25) is 9.59 Å². The molecule has 3 aromatic rings. The molecule has 1 N–H and O–H groups in total. The van der Waals surface area contributed by atoms with E-state index in [0.29, 0.717) is 48.9 Å². The summed E-state index contributed by atoms with van der Waals surface area (Å²) in [6, 6.07) is 19.1. The van der Waals surface area contributed by atoms with Crippen LogP contribution in [0.15, 0.2) is 60.7 Å². The summed E-state index contributed by atoms with van der Waals surface area (Å²) in [5.41, 5.74) is 4.04. The maximum absolute atomic E-state index is 13.4. The molecule has 0 spiro atoms. The van der Waals surface area contributed by atoms with Crippen LogP contribution in [0.25, 0.3) is 0 Å². The van der Waals surface area contributed by atoms with Gasteiger partial charge in [0, 0.05) is 13.1 Å². The van der Waals surface area contributed by atoms with Crippen LogP contribution in [-0.2, 0) is 22.4 Å². The van der Waals surface area contributed by atoms with Gasteiger partial charge in [-0.2, -0.15) is 0 Å². The molecule has 0 fully saturated rings. The Morgan fingerprint density at radius 3 is 2.18 bits per heavy atom. The molecular weight excluding hydrogens is 484 g/mol. The third kappa shape index (κ3) is 5.85. The van der Waals surface area contributed by atoms with Gasteiger partial charge in [0.25, 0.3) is 0 Å². The molecule has 4 rings (SSSR count). The summed E-state index contributed by atoms with van der Waals surface area (Å²) in [6.07, 6.45) is 1.04. The molecule has 0 aliphatic carbocycles. The summed E-state index contributed by atoms with van der Waals surface area (Å²) in [5.74, 6) is 2.03. The van der Waals surface area contributed by atoms with Crippen LogP contribution in [0.4, 0.5) is 0 Å². The summed E-state index contributed by atoms with van der Waals surface area (Å²) < 4.78 is 21.7. The van der Waals surface area contributed by atoms with Crippen LogP contribution in [0, 0.1) is 0 Å². The van der Waals surface area contributed by atoms with Crippen molar-refractivity contribution < 1.29 is 28.5 Å². The Morgan fingerprint density at radius 2 is 1.50 bits per heavy atom. The Morgan fingerprint density at radius 1 is 0.842 bits per heavy atom. The van der Waals surface area contributed by atoms with Gasteiger partial charge in [0.15, 0.2) is 23.0 Å². The summed E-state index contributed by atoms with van der Waals surface area (Å²) in [4.78, 5) is 28.0. The first kappa shape index (κ1) is 26.9. The zero-order valence-electron chi connectivity index (χ0n) is 22.3. The number of benzene rings is 3. The second-order valence-corrected chi connectivity index (χ2v) is 9.02. The number of ether oxygens (including phenoxy) is 4. The maximum atomic E-state index is 13.4. The first-order valence-electron chi connectivity index (χ1n) is 12.6. The largest absolute Gasteiger partial charge is 0.493 e. The summed E-state index contributed by atoms with van der Waals surface area (Å²) in [7, 11) is 6.38. The SMILES string of the molecule is COc1ccc(CCNC(=O)CC(=O)N2CCc3cc(OC)c(OC)cc3C2c2ccccc2)cc1OC. The molecule has 1 atom stereocenters. The first-order valence-corrected chi connectivity index (χ1v) is 12.6. The first-order chi connectivity index (χ1) is 18.5. The Kier molecular flexibility index (Phi) is 8.73. The Labute approximate surface area is 223 Å². The number of nitrogens with zero attached hydrogens (tertiary/aromatic N) is 1. The molecule has 2 amide bonds. The number of methoxy groups -OCH3 is 4. The third-order valence-electron chi connectivity index (χ3n) is 6.80. The van der Waals surface area contributed by atoms with E-state index in [4.69, 9.17) is 18.9 Å². The lowest BCUT2D eigenvalue weighted by Gasteiger charge is -2.38. The molecule has 8 nitrogen and oxygen atoms in total. The Balaban J connectivity index is 1.46. The summed E-state index contributed by atoms with van der Waals surface area (Å²) in [5, 5.41) is 2.88. The molecule has 0 aromatic heterocycles. The fourth-order valence-electron chi connectivity index (χ4n) is 4.89. The number of fused-ring (bicyclic) bond motifs is 1. The summed E-state index contributed by atoms with van der Waals surface area (Å²) >= 11 is 0. The number of nitrogens with one attached hydrogen (secondary N) is 1. The average Bonchev–Trinajstić information content (AvgIpc) is 2.95. The number of carbonyl (C=O) groups is 2. The van der Waals surface area contributed by atoms with Crippen LogP contribution < -0.4 is 24.3 Å². The van der Waals surface area contributed by atoms with Crippen molar-refractivity contribution in [2.24, 2.45) is 0 Å². The van der Waals surface area contributed by atoms with Crippen molar-refractivity contribution in [3.05, 3.63) is 82.9 Å².